The van der Waals surface area contributed by atoms with Crippen molar-refractivity contribution in [3.05, 3.63) is 353 Å². The molecule has 0 aliphatic carbocycles. The van der Waals surface area contributed by atoms with Crippen LogP contribution in [-0.2, 0) is 0 Å². The van der Waals surface area contributed by atoms with E-state index in [2.05, 4.69) is 284 Å². The van der Waals surface area contributed by atoms with Crippen LogP contribution in [0.3, 0.4) is 0 Å². The van der Waals surface area contributed by atoms with Crippen molar-refractivity contribution in [1.29, 1.82) is 0 Å². The number of nitrogens with zero attached hydrogens (tertiary/aromatic N) is 10. The number of aromatic nitrogens is 10. The Morgan fingerprint density at radius 2 is 0.519 bits per heavy atom. The summed E-state index contributed by atoms with van der Waals surface area (Å²) in [7, 11) is 0. The molecule has 0 saturated heterocycles. The number of benzene rings is 10. The fourth-order valence-electron chi connectivity index (χ4n) is 14.2. The Labute approximate surface area is 606 Å². The van der Waals surface area contributed by atoms with Crippen molar-refractivity contribution in [2.75, 3.05) is 0 Å². The molecule has 20 rings (SSSR count). The normalized spacial score (nSPS) is 11.5. The molecule has 12 heteroatoms. The molecule has 20 aromatic rings. The lowest BCUT2D eigenvalue weighted by molar-refractivity contribution is 1.16. The number of para-hydroxylation sites is 2. The van der Waals surface area contributed by atoms with E-state index in [1.165, 1.54) is 84.7 Å². The molecule has 488 valence electrons. The van der Waals surface area contributed by atoms with E-state index in [1.54, 1.807) is 24.8 Å². The largest absolute Gasteiger partial charge is 0.309 e. The Hall–Kier alpha value is -13.5. The maximum Gasteiger partial charge on any atom is 0.160 e. The predicted molar refractivity (Wildman–Crippen MR) is 429 cm³/mol. The van der Waals surface area contributed by atoms with Crippen molar-refractivity contribution < 1.29 is 0 Å². The van der Waals surface area contributed by atoms with Gasteiger partial charge in [0.05, 0.1) is 44.8 Å². The van der Waals surface area contributed by atoms with Crippen LogP contribution in [-0.4, -0.2) is 49.0 Å². The molecule has 0 spiro atoms. The van der Waals surface area contributed by atoms with Gasteiger partial charge in [0.15, 0.2) is 11.6 Å². The van der Waals surface area contributed by atoms with Crippen molar-refractivity contribution in [2.45, 2.75) is 0 Å². The van der Waals surface area contributed by atoms with Gasteiger partial charge in [-0.05, 0) is 178 Å². The minimum atomic E-state index is 0.662. The minimum Gasteiger partial charge on any atom is -0.309 e. The first-order valence-corrected chi connectivity index (χ1v) is 36.0. The molecule has 0 saturated carbocycles. The van der Waals surface area contributed by atoms with Crippen molar-refractivity contribution in [3.63, 3.8) is 0 Å². The van der Waals surface area contributed by atoms with E-state index >= 15 is 0 Å². The lowest BCUT2D eigenvalue weighted by Gasteiger charge is -2.12. The molecular formula is C92H58N10S2. The molecule has 10 heterocycles. The van der Waals surface area contributed by atoms with Crippen molar-refractivity contribution in [3.8, 4) is 122 Å². The molecule has 0 atom stereocenters. The van der Waals surface area contributed by atoms with Gasteiger partial charge in [-0.2, -0.15) is 0 Å². The van der Waals surface area contributed by atoms with E-state index in [9.17, 15) is 0 Å². The number of thiophene rings is 2. The summed E-state index contributed by atoms with van der Waals surface area (Å²) in [5.74, 6) is 1.33. The van der Waals surface area contributed by atoms with E-state index in [-0.39, 0.29) is 0 Å². The average Bonchev–Trinajstić information content (AvgIpc) is 1.57. The SMILES string of the molecule is c1ccc(-c2cc3ccc4c(c5ccccc5n4-c4ccc(-c5cc(-c6ccc(-c7ccncc7)cc6)nc(-c6ccncc6)n5)cc4)c3s2)cc1.c1ccc(-c2cc3ccc4c(c5ccccc5n4-c4ccc(-c5nc(-c6ccncc6)cc(-c6ccc(-c7ccncc7)cc6)n5)cc4)c3s2)cc1. The average molecular weight is 1370 g/mol. The van der Waals surface area contributed by atoms with Gasteiger partial charge >= 0.3 is 0 Å². The Balaban J connectivity index is 0.000000143. The number of pyridine rings is 4. The predicted octanol–water partition coefficient (Wildman–Crippen LogP) is 23.8. The third-order valence-corrected chi connectivity index (χ3v) is 21.8. The maximum atomic E-state index is 5.11. The second-order valence-electron chi connectivity index (χ2n) is 25.5. The Bertz CT molecular complexity index is 6130. The highest BCUT2D eigenvalue weighted by Crippen LogP contribution is 2.46. The topological polar surface area (TPSA) is 113 Å². The molecular weight excluding hydrogens is 1310 g/mol. The summed E-state index contributed by atoms with van der Waals surface area (Å²) in [5.41, 5.74) is 23.3. The summed E-state index contributed by atoms with van der Waals surface area (Å²) in [4.78, 5) is 39.6. The van der Waals surface area contributed by atoms with Gasteiger partial charge in [-0.15, -0.1) is 22.7 Å². The number of fused-ring (bicyclic) bond motifs is 10. The lowest BCUT2D eigenvalue weighted by atomic mass is 10.0. The summed E-state index contributed by atoms with van der Waals surface area (Å²) in [6.45, 7) is 0. The highest BCUT2D eigenvalue weighted by atomic mass is 32.1. The molecule has 10 aromatic heterocycles. The van der Waals surface area contributed by atoms with Crippen LogP contribution < -0.4 is 0 Å². The molecule has 0 aliphatic rings. The molecule has 104 heavy (non-hydrogen) atoms. The number of hydrogen-bond donors (Lipinski definition) is 0. The maximum absolute atomic E-state index is 5.11. The van der Waals surface area contributed by atoms with Gasteiger partial charge in [-0.25, -0.2) is 19.9 Å². The van der Waals surface area contributed by atoms with Crippen LogP contribution in [0.5, 0.6) is 0 Å². The van der Waals surface area contributed by atoms with Gasteiger partial charge in [0, 0.05) is 135 Å². The number of hydrogen-bond acceptors (Lipinski definition) is 10. The van der Waals surface area contributed by atoms with Gasteiger partial charge in [-0.1, -0.05) is 170 Å². The molecule has 0 unspecified atom stereocenters. The molecule has 0 N–H and O–H groups in total. The fraction of sp³-hybridized carbons (Fsp3) is 0. The van der Waals surface area contributed by atoms with E-state index in [1.807, 2.05) is 96.0 Å². The van der Waals surface area contributed by atoms with Crippen molar-refractivity contribution >= 4 is 86.5 Å². The summed E-state index contributed by atoms with van der Waals surface area (Å²) in [6, 6.07) is 107. The van der Waals surface area contributed by atoms with E-state index in [4.69, 9.17) is 19.9 Å². The van der Waals surface area contributed by atoms with Crippen LogP contribution in [0.2, 0.25) is 0 Å². The molecule has 10 aromatic carbocycles. The first-order valence-electron chi connectivity index (χ1n) is 34.4. The quantitative estimate of drug-likeness (QED) is 0.119. The first kappa shape index (κ1) is 61.6. The second-order valence-corrected chi connectivity index (χ2v) is 27.6. The molecule has 0 bridgehead atoms. The minimum absolute atomic E-state index is 0.662. The molecule has 10 nitrogen and oxygen atoms in total. The zero-order valence-electron chi connectivity index (χ0n) is 55.8. The zero-order chi connectivity index (χ0) is 68.9. The van der Waals surface area contributed by atoms with E-state index in [0.29, 0.717) is 11.6 Å². The highest BCUT2D eigenvalue weighted by molar-refractivity contribution is 7.23. The van der Waals surface area contributed by atoms with Crippen LogP contribution in [0, 0.1) is 0 Å². The van der Waals surface area contributed by atoms with Crippen molar-refractivity contribution in [1.82, 2.24) is 49.0 Å². The van der Waals surface area contributed by atoms with Crippen LogP contribution in [0.25, 0.3) is 186 Å². The van der Waals surface area contributed by atoms with Gasteiger partial charge < -0.3 is 9.13 Å². The molecule has 0 fully saturated rings. The van der Waals surface area contributed by atoms with Crippen LogP contribution in [0.15, 0.2) is 353 Å². The number of rotatable bonds is 12. The fourth-order valence-corrected chi connectivity index (χ4v) is 16.7. The summed E-state index contributed by atoms with van der Waals surface area (Å²) in [6.07, 6.45) is 14.4. The van der Waals surface area contributed by atoms with Gasteiger partial charge in [-0.3, -0.25) is 19.9 Å². The monoisotopic (exact) mass is 1370 g/mol. The van der Waals surface area contributed by atoms with Crippen LogP contribution in [0.4, 0.5) is 0 Å². The molecule has 0 radical (unpaired) electrons. The molecule has 0 amide bonds. The Morgan fingerprint density at radius 1 is 0.221 bits per heavy atom. The lowest BCUT2D eigenvalue weighted by Crippen LogP contribution is -1.97. The van der Waals surface area contributed by atoms with Crippen LogP contribution in [0.1, 0.15) is 0 Å². The smallest absolute Gasteiger partial charge is 0.160 e. The summed E-state index contributed by atoms with van der Waals surface area (Å²) in [5, 5.41) is 7.63. The zero-order valence-corrected chi connectivity index (χ0v) is 57.4. The standard InChI is InChI=1S/2C46H29N5S/c1-2-6-34(7-3-1)43-28-36-16-19-42-44(45(36)52-43)38-8-4-5-9-41(38)51(42)37-17-14-35(15-18-37)46-49-39(29-40(50-46)33-22-26-48-27-23-33)32-12-10-30(11-13-32)31-20-24-47-25-21-31;1-2-6-34(7-3-1)43-28-36-16-19-42-44(45(36)52-43)38-8-4-5-9-41(38)51(42)37-17-14-33(15-18-37)40-29-39(49-46(50-40)35-22-26-48-27-23-35)32-12-10-30(11-13-32)31-20-24-47-25-21-31/h2*1-29H. The van der Waals surface area contributed by atoms with Crippen LogP contribution >= 0.6 is 22.7 Å². The van der Waals surface area contributed by atoms with Crippen molar-refractivity contribution in [2.24, 2.45) is 0 Å². The summed E-state index contributed by atoms with van der Waals surface area (Å²) >= 11 is 3.73. The van der Waals surface area contributed by atoms with E-state index < -0.39 is 0 Å². The van der Waals surface area contributed by atoms with Gasteiger partial charge in [0.25, 0.3) is 0 Å². The highest BCUT2D eigenvalue weighted by Gasteiger charge is 2.21. The summed E-state index contributed by atoms with van der Waals surface area (Å²) < 4.78 is 7.38. The Kier molecular flexibility index (Phi) is 15.7. The Morgan fingerprint density at radius 3 is 0.913 bits per heavy atom. The van der Waals surface area contributed by atoms with Gasteiger partial charge in [0.1, 0.15) is 0 Å². The van der Waals surface area contributed by atoms with E-state index in [0.717, 1.165) is 89.8 Å². The molecule has 0 aliphatic heterocycles. The second kappa shape index (κ2) is 26.5. The third kappa shape index (κ3) is 11.5. The first-order chi connectivity index (χ1) is 51.5. The van der Waals surface area contributed by atoms with Gasteiger partial charge in [0.2, 0.25) is 0 Å². The third-order valence-electron chi connectivity index (χ3n) is 19.3.